The molecule has 0 aliphatic rings. The van der Waals surface area contributed by atoms with Crippen molar-refractivity contribution < 1.29 is 14.3 Å². The lowest BCUT2D eigenvalue weighted by molar-refractivity contribution is -0.121. The quantitative estimate of drug-likeness (QED) is 0.129. The fraction of sp³-hybridized carbons (Fsp3) is 0.222. The third-order valence-corrected chi connectivity index (χ3v) is 6.17. The van der Waals surface area contributed by atoms with Crippen LogP contribution in [0.4, 0.5) is 0 Å². The summed E-state index contributed by atoms with van der Waals surface area (Å²) in [5, 5.41) is 5.30. The van der Waals surface area contributed by atoms with Crippen LogP contribution in [-0.2, 0) is 11.3 Å². The van der Waals surface area contributed by atoms with Gasteiger partial charge in [0.2, 0.25) is 0 Å². The predicted molar refractivity (Wildman–Crippen MR) is 148 cm³/mol. The van der Waals surface area contributed by atoms with E-state index in [-0.39, 0.29) is 17.9 Å². The summed E-state index contributed by atoms with van der Waals surface area (Å²) in [6, 6.07) is 18.4. The molecule has 1 N–H and O–H groups in total. The normalized spacial score (nSPS) is 11.3. The van der Waals surface area contributed by atoms with Crippen LogP contribution in [0.1, 0.15) is 25.8 Å². The summed E-state index contributed by atoms with van der Waals surface area (Å²) in [4.78, 5) is 25.7. The zero-order valence-electron chi connectivity index (χ0n) is 19.6. The SMILES string of the molecule is CCCOc1c(I)cc(/C=N/NC(=O)Cn2c3ccccc3c(=O)c3ccccc32)cc1OCC. The molecular formula is C27H26IN3O4. The number of hydrogen-bond acceptors (Lipinski definition) is 5. The van der Waals surface area contributed by atoms with Crippen molar-refractivity contribution in [2.75, 3.05) is 13.2 Å². The molecule has 1 amide bonds. The summed E-state index contributed by atoms with van der Waals surface area (Å²) in [6.45, 7) is 5.10. The average molecular weight is 583 g/mol. The van der Waals surface area contributed by atoms with Crippen LogP contribution in [-0.4, -0.2) is 29.9 Å². The van der Waals surface area contributed by atoms with Crippen LogP contribution in [0.2, 0.25) is 0 Å². The number of pyridine rings is 1. The summed E-state index contributed by atoms with van der Waals surface area (Å²) >= 11 is 2.21. The number of nitrogens with one attached hydrogen (secondary N) is 1. The largest absolute Gasteiger partial charge is 0.490 e. The Hall–Kier alpha value is -3.40. The summed E-state index contributed by atoms with van der Waals surface area (Å²) in [7, 11) is 0. The van der Waals surface area contributed by atoms with Crippen LogP contribution in [0.25, 0.3) is 21.8 Å². The molecule has 3 aromatic carbocycles. The van der Waals surface area contributed by atoms with Crippen LogP contribution in [0, 0.1) is 3.57 Å². The fourth-order valence-corrected chi connectivity index (χ4v) is 4.66. The smallest absolute Gasteiger partial charge is 0.260 e. The van der Waals surface area contributed by atoms with Gasteiger partial charge >= 0.3 is 0 Å². The summed E-state index contributed by atoms with van der Waals surface area (Å²) in [5.41, 5.74) is 4.74. The number of halogens is 1. The highest BCUT2D eigenvalue weighted by molar-refractivity contribution is 14.1. The van der Waals surface area contributed by atoms with Crippen molar-refractivity contribution in [2.24, 2.45) is 5.10 Å². The molecule has 0 saturated carbocycles. The Kier molecular flexibility index (Phi) is 8.02. The molecule has 35 heavy (non-hydrogen) atoms. The third-order valence-electron chi connectivity index (χ3n) is 5.37. The van der Waals surface area contributed by atoms with Gasteiger partial charge in [-0.05, 0) is 77.9 Å². The molecule has 4 rings (SSSR count). The molecule has 0 unspecified atom stereocenters. The highest BCUT2D eigenvalue weighted by Crippen LogP contribution is 2.34. The van der Waals surface area contributed by atoms with Crippen LogP contribution in [0.15, 0.2) is 70.6 Å². The van der Waals surface area contributed by atoms with E-state index in [9.17, 15) is 9.59 Å². The Balaban J connectivity index is 1.57. The molecule has 1 heterocycles. The second-order valence-corrected chi connectivity index (χ2v) is 9.02. The lowest BCUT2D eigenvalue weighted by Crippen LogP contribution is -2.25. The molecule has 0 aliphatic heterocycles. The first-order chi connectivity index (χ1) is 17.0. The van der Waals surface area contributed by atoms with Crippen molar-refractivity contribution in [1.29, 1.82) is 0 Å². The first-order valence-corrected chi connectivity index (χ1v) is 12.5. The number of hydrogen-bond donors (Lipinski definition) is 1. The standard InChI is InChI=1S/C27H26IN3O4/c1-3-13-35-27-21(28)14-18(15-24(27)34-4-2)16-29-30-25(32)17-31-22-11-7-5-9-19(22)26(33)20-10-6-8-12-23(20)31/h5-12,14-16H,3-4,13,17H2,1-2H3,(H,30,32)/b29-16+. The monoisotopic (exact) mass is 583 g/mol. The van der Waals surface area contributed by atoms with Gasteiger partial charge in [0.1, 0.15) is 6.54 Å². The number of carbonyl (C=O) groups excluding carboxylic acids is 1. The van der Waals surface area contributed by atoms with Crippen molar-refractivity contribution in [1.82, 2.24) is 9.99 Å². The van der Waals surface area contributed by atoms with Crippen LogP contribution in [0.3, 0.4) is 0 Å². The van der Waals surface area contributed by atoms with Gasteiger partial charge in [0.15, 0.2) is 16.9 Å². The van der Waals surface area contributed by atoms with E-state index in [0.717, 1.165) is 15.6 Å². The number of carbonyl (C=O) groups is 1. The maximum atomic E-state index is 12.9. The molecule has 0 spiro atoms. The van der Waals surface area contributed by atoms with Gasteiger partial charge in [-0.1, -0.05) is 31.2 Å². The summed E-state index contributed by atoms with van der Waals surface area (Å²) in [5.74, 6) is 1.06. The number of aromatic nitrogens is 1. The number of ether oxygens (including phenoxy) is 2. The van der Waals surface area contributed by atoms with Gasteiger partial charge in [-0.15, -0.1) is 0 Å². The molecule has 7 nitrogen and oxygen atoms in total. The minimum absolute atomic E-state index is 0.0180. The molecule has 0 saturated heterocycles. The molecule has 1 aromatic heterocycles. The Morgan fingerprint density at radius 1 is 1.03 bits per heavy atom. The maximum Gasteiger partial charge on any atom is 0.260 e. The number of para-hydroxylation sites is 2. The molecule has 0 bridgehead atoms. The van der Waals surface area contributed by atoms with Crippen molar-refractivity contribution in [2.45, 2.75) is 26.8 Å². The number of hydrazone groups is 1. The van der Waals surface area contributed by atoms with Gasteiger partial charge in [0, 0.05) is 10.8 Å². The van der Waals surface area contributed by atoms with Crippen LogP contribution >= 0.6 is 22.6 Å². The maximum absolute atomic E-state index is 12.9. The van der Waals surface area contributed by atoms with Crippen molar-refractivity contribution >= 4 is 56.5 Å². The van der Waals surface area contributed by atoms with Gasteiger partial charge in [-0.2, -0.15) is 5.10 Å². The lowest BCUT2D eigenvalue weighted by Gasteiger charge is -2.14. The minimum Gasteiger partial charge on any atom is -0.490 e. The van der Waals surface area contributed by atoms with Gasteiger partial charge in [0.25, 0.3) is 5.91 Å². The van der Waals surface area contributed by atoms with E-state index < -0.39 is 0 Å². The Morgan fingerprint density at radius 3 is 2.31 bits per heavy atom. The second-order valence-electron chi connectivity index (χ2n) is 7.85. The molecule has 0 fully saturated rings. The molecule has 8 heteroatoms. The van der Waals surface area contributed by atoms with Gasteiger partial charge in [-0.3, -0.25) is 9.59 Å². The topological polar surface area (TPSA) is 81.9 Å². The number of amides is 1. The molecular weight excluding hydrogens is 557 g/mol. The zero-order valence-corrected chi connectivity index (χ0v) is 21.7. The van der Waals surface area contributed by atoms with E-state index >= 15 is 0 Å². The van der Waals surface area contributed by atoms with E-state index in [0.29, 0.717) is 46.5 Å². The van der Waals surface area contributed by atoms with Crippen LogP contribution < -0.4 is 20.3 Å². The van der Waals surface area contributed by atoms with Crippen molar-refractivity contribution in [3.63, 3.8) is 0 Å². The number of rotatable bonds is 9. The fourth-order valence-electron chi connectivity index (χ4n) is 3.87. The van der Waals surface area contributed by atoms with Crippen molar-refractivity contribution in [3.05, 3.63) is 80.0 Å². The highest BCUT2D eigenvalue weighted by Gasteiger charge is 2.13. The average Bonchev–Trinajstić information content (AvgIpc) is 2.86. The Bertz CT molecular complexity index is 1400. The van der Waals surface area contributed by atoms with E-state index in [4.69, 9.17) is 9.47 Å². The van der Waals surface area contributed by atoms with Gasteiger partial charge in [-0.25, -0.2) is 5.43 Å². The van der Waals surface area contributed by atoms with E-state index in [1.807, 2.05) is 60.0 Å². The van der Waals surface area contributed by atoms with Crippen LogP contribution in [0.5, 0.6) is 11.5 Å². The Morgan fingerprint density at radius 2 is 1.69 bits per heavy atom. The van der Waals surface area contributed by atoms with Gasteiger partial charge in [0.05, 0.1) is 34.0 Å². The predicted octanol–water partition coefficient (Wildman–Crippen LogP) is 5.10. The molecule has 0 atom stereocenters. The van der Waals surface area contributed by atoms with E-state index in [2.05, 4.69) is 40.0 Å². The number of benzene rings is 3. The second kappa shape index (κ2) is 11.4. The number of nitrogens with zero attached hydrogens (tertiary/aromatic N) is 2. The first kappa shape index (κ1) is 24.7. The minimum atomic E-state index is -0.303. The number of fused-ring (bicyclic) bond motifs is 2. The summed E-state index contributed by atoms with van der Waals surface area (Å²) in [6.07, 6.45) is 2.48. The molecule has 4 aromatic rings. The summed E-state index contributed by atoms with van der Waals surface area (Å²) < 4.78 is 14.3. The molecule has 180 valence electrons. The zero-order chi connectivity index (χ0) is 24.8. The van der Waals surface area contributed by atoms with Crippen molar-refractivity contribution in [3.8, 4) is 11.5 Å². The Labute approximate surface area is 216 Å². The first-order valence-electron chi connectivity index (χ1n) is 11.4. The highest BCUT2D eigenvalue weighted by atomic mass is 127. The third kappa shape index (κ3) is 5.48. The molecule has 0 aliphatic carbocycles. The van der Waals surface area contributed by atoms with Gasteiger partial charge < -0.3 is 14.0 Å². The molecule has 0 radical (unpaired) electrons. The van der Waals surface area contributed by atoms with E-state index in [1.54, 1.807) is 18.3 Å². The lowest BCUT2D eigenvalue weighted by atomic mass is 10.1. The van der Waals surface area contributed by atoms with E-state index in [1.165, 1.54) is 0 Å².